The van der Waals surface area contributed by atoms with Crippen LogP contribution in [-0.4, -0.2) is 35.8 Å². The highest BCUT2D eigenvalue weighted by molar-refractivity contribution is 6.04. The van der Waals surface area contributed by atoms with E-state index >= 15 is 0 Å². The Hall–Kier alpha value is -2.62. The smallest absolute Gasteiger partial charge is 0.254 e. The van der Waals surface area contributed by atoms with Crippen LogP contribution in [0.15, 0.2) is 42.5 Å². The van der Waals surface area contributed by atoms with Gasteiger partial charge >= 0.3 is 0 Å². The number of carbonyl (C=O) groups excluding carboxylic acids is 2. The first kappa shape index (κ1) is 17.2. The average Bonchev–Trinajstić information content (AvgIpc) is 2.60. The maximum absolute atomic E-state index is 13.0. The maximum Gasteiger partial charge on any atom is 0.254 e. The zero-order valence-corrected chi connectivity index (χ0v) is 15.2. The Morgan fingerprint density at radius 3 is 2.36 bits per heavy atom. The van der Waals surface area contributed by atoms with Gasteiger partial charge in [0.15, 0.2) is 0 Å². The van der Waals surface area contributed by atoms with Gasteiger partial charge in [0.2, 0.25) is 5.91 Å². The number of nitrogens with zero attached hydrogens (tertiary/aromatic N) is 2. The lowest BCUT2D eigenvalue weighted by Gasteiger charge is -2.40. The standard InChI is InChI=1S/C21H24N2O2/c1-14-9-7-11-19(16(14)3)23-13-12-22(17(4)20(23)24)21(25)18-10-6-5-8-15(18)2/h5-11,17H,12-13H2,1-4H3. The van der Waals surface area contributed by atoms with E-state index < -0.39 is 6.04 Å². The van der Waals surface area contributed by atoms with Crippen LogP contribution >= 0.6 is 0 Å². The van der Waals surface area contributed by atoms with Crippen molar-refractivity contribution in [3.63, 3.8) is 0 Å². The lowest BCUT2D eigenvalue weighted by Crippen LogP contribution is -2.58. The molecule has 0 N–H and O–H groups in total. The molecule has 2 amide bonds. The molecule has 1 atom stereocenters. The number of hydrogen-bond acceptors (Lipinski definition) is 2. The van der Waals surface area contributed by atoms with Gasteiger partial charge in [0.05, 0.1) is 0 Å². The second-order valence-electron chi connectivity index (χ2n) is 6.70. The van der Waals surface area contributed by atoms with Crippen molar-refractivity contribution >= 4 is 17.5 Å². The molecule has 25 heavy (non-hydrogen) atoms. The van der Waals surface area contributed by atoms with Crippen LogP contribution in [0.3, 0.4) is 0 Å². The third-order valence-corrected chi connectivity index (χ3v) is 5.16. The third-order valence-electron chi connectivity index (χ3n) is 5.16. The third kappa shape index (κ3) is 3.04. The number of aryl methyl sites for hydroxylation is 2. The van der Waals surface area contributed by atoms with E-state index in [0.717, 1.165) is 22.4 Å². The SMILES string of the molecule is Cc1ccccc1C(=O)N1CCN(c2cccc(C)c2C)C(=O)C1C. The second kappa shape index (κ2) is 6.71. The highest BCUT2D eigenvalue weighted by Crippen LogP contribution is 2.27. The molecule has 1 aliphatic heterocycles. The van der Waals surface area contributed by atoms with Gasteiger partial charge in [-0.1, -0.05) is 30.3 Å². The quantitative estimate of drug-likeness (QED) is 0.842. The first-order chi connectivity index (χ1) is 11.9. The van der Waals surface area contributed by atoms with Gasteiger partial charge in [0.25, 0.3) is 5.91 Å². The molecule has 0 bridgehead atoms. The molecule has 1 saturated heterocycles. The van der Waals surface area contributed by atoms with Crippen LogP contribution in [0.1, 0.15) is 34.0 Å². The Morgan fingerprint density at radius 1 is 0.960 bits per heavy atom. The molecule has 1 fully saturated rings. The first-order valence-electron chi connectivity index (χ1n) is 8.66. The Morgan fingerprint density at radius 2 is 1.64 bits per heavy atom. The number of anilines is 1. The maximum atomic E-state index is 13.0. The molecular weight excluding hydrogens is 312 g/mol. The van der Waals surface area contributed by atoms with E-state index in [9.17, 15) is 9.59 Å². The average molecular weight is 336 g/mol. The van der Waals surface area contributed by atoms with Crippen LogP contribution in [0.4, 0.5) is 5.69 Å². The van der Waals surface area contributed by atoms with Crippen molar-refractivity contribution in [2.24, 2.45) is 0 Å². The molecule has 3 rings (SSSR count). The minimum atomic E-state index is -0.472. The predicted octanol–water partition coefficient (Wildman–Crippen LogP) is 3.49. The minimum absolute atomic E-state index is 0.0260. The van der Waals surface area contributed by atoms with Crippen LogP contribution in [-0.2, 0) is 4.79 Å². The highest BCUT2D eigenvalue weighted by atomic mass is 16.2. The molecule has 1 aliphatic rings. The van der Waals surface area contributed by atoms with Crippen molar-refractivity contribution in [1.29, 1.82) is 0 Å². The van der Waals surface area contributed by atoms with Gasteiger partial charge in [-0.05, 0) is 56.5 Å². The summed E-state index contributed by atoms with van der Waals surface area (Å²) in [6.45, 7) is 8.87. The van der Waals surface area contributed by atoms with Crippen molar-refractivity contribution in [1.82, 2.24) is 4.90 Å². The topological polar surface area (TPSA) is 40.6 Å². The Kier molecular flexibility index (Phi) is 4.62. The molecule has 0 spiro atoms. The molecule has 0 saturated carbocycles. The highest BCUT2D eigenvalue weighted by Gasteiger charge is 2.36. The van der Waals surface area contributed by atoms with Gasteiger partial charge in [-0.15, -0.1) is 0 Å². The van der Waals surface area contributed by atoms with Crippen molar-refractivity contribution in [3.8, 4) is 0 Å². The summed E-state index contributed by atoms with van der Waals surface area (Å²) < 4.78 is 0. The first-order valence-corrected chi connectivity index (χ1v) is 8.66. The lowest BCUT2D eigenvalue weighted by atomic mass is 10.0. The molecule has 4 heteroatoms. The summed E-state index contributed by atoms with van der Waals surface area (Å²) >= 11 is 0. The van der Waals surface area contributed by atoms with Gasteiger partial charge in [-0.25, -0.2) is 0 Å². The number of piperazine rings is 1. The van der Waals surface area contributed by atoms with E-state index in [2.05, 4.69) is 0 Å². The van der Waals surface area contributed by atoms with Crippen LogP contribution in [0.2, 0.25) is 0 Å². The summed E-state index contributed by atoms with van der Waals surface area (Å²) in [5.41, 5.74) is 4.82. The van der Waals surface area contributed by atoms with E-state index in [4.69, 9.17) is 0 Å². The molecule has 4 nitrogen and oxygen atoms in total. The zero-order chi connectivity index (χ0) is 18.1. The zero-order valence-electron chi connectivity index (χ0n) is 15.2. The molecule has 1 unspecified atom stereocenters. The van der Waals surface area contributed by atoms with Gasteiger partial charge < -0.3 is 9.80 Å². The van der Waals surface area contributed by atoms with Crippen LogP contribution in [0, 0.1) is 20.8 Å². The molecule has 2 aromatic carbocycles. The molecular formula is C21H24N2O2. The summed E-state index contributed by atoms with van der Waals surface area (Å²) in [6, 6.07) is 13.0. The van der Waals surface area contributed by atoms with Gasteiger partial charge in [-0.3, -0.25) is 9.59 Å². The monoisotopic (exact) mass is 336 g/mol. The van der Waals surface area contributed by atoms with E-state index in [1.54, 1.807) is 4.90 Å². The summed E-state index contributed by atoms with van der Waals surface area (Å²) in [4.78, 5) is 29.3. The number of hydrogen-bond donors (Lipinski definition) is 0. The second-order valence-corrected chi connectivity index (χ2v) is 6.70. The number of carbonyl (C=O) groups is 2. The number of rotatable bonds is 2. The van der Waals surface area contributed by atoms with E-state index in [1.807, 2.05) is 75.1 Å². The van der Waals surface area contributed by atoms with Crippen LogP contribution in [0.25, 0.3) is 0 Å². The summed E-state index contributed by atoms with van der Waals surface area (Å²) in [5.74, 6) is -0.0959. The lowest BCUT2D eigenvalue weighted by molar-refractivity contribution is -0.124. The molecule has 2 aromatic rings. The minimum Gasteiger partial charge on any atom is -0.325 e. The van der Waals surface area contributed by atoms with Crippen molar-refractivity contribution in [2.45, 2.75) is 33.7 Å². The molecule has 0 aromatic heterocycles. The van der Waals surface area contributed by atoms with Gasteiger partial charge in [-0.2, -0.15) is 0 Å². The fraction of sp³-hybridized carbons (Fsp3) is 0.333. The molecule has 1 heterocycles. The summed E-state index contributed by atoms with van der Waals surface area (Å²) in [7, 11) is 0. The molecule has 0 aliphatic carbocycles. The Bertz CT molecular complexity index is 828. The van der Waals surface area contributed by atoms with E-state index in [-0.39, 0.29) is 11.8 Å². The van der Waals surface area contributed by atoms with Crippen molar-refractivity contribution < 1.29 is 9.59 Å². The predicted molar refractivity (Wildman–Crippen MR) is 99.9 cm³/mol. The number of benzene rings is 2. The van der Waals surface area contributed by atoms with E-state index in [1.165, 1.54) is 0 Å². The Balaban J connectivity index is 1.86. The van der Waals surface area contributed by atoms with Crippen LogP contribution in [0.5, 0.6) is 0 Å². The van der Waals surface area contributed by atoms with E-state index in [0.29, 0.717) is 18.7 Å². The summed E-state index contributed by atoms with van der Waals surface area (Å²) in [5, 5.41) is 0. The normalized spacial score (nSPS) is 17.8. The fourth-order valence-electron chi connectivity index (χ4n) is 3.38. The molecule has 130 valence electrons. The summed E-state index contributed by atoms with van der Waals surface area (Å²) in [6.07, 6.45) is 0. The fourth-order valence-corrected chi connectivity index (χ4v) is 3.38. The molecule has 0 radical (unpaired) electrons. The Labute approximate surface area is 149 Å². The van der Waals surface area contributed by atoms with Gasteiger partial charge in [0, 0.05) is 24.3 Å². The van der Waals surface area contributed by atoms with Crippen molar-refractivity contribution in [3.05, 3.63) is 64.7 Å². The number of amides is 2. The van der Waals surface area contributed by atoms with Gasteiger partial charge in [0.1, 0.15) is 6.04 Å². The largest absolute Gasteiger partial charge is 0.325 e. The van der Waals surface area contributed by atoms with Crippen LogP contribution < -0.4 is 4.90 Å². The van der Waals surface area contributed by atoms with Crippen molar-refractivity contribution in [2.75, 3.05) is 18.0 Å².